The maximum absolute atomic E-state index is 10.8. The third-order valence-corrected chi connectivity index (χ3v) is 2.08. The number of unbranched alkanes of at least 4 members (excludes halogenated alkanes) is 5. The number of rotatable bonds is 8. The lowest BCUT2D eigenvalue weighted by Gasteiger charge is -2.05. The Morgan fingerprint density at radius 3 is 2.36 bits per heavy atom. The maximum Gasteiger partial charge on any atom is 0.334 e. The van der Waals surface area contributed by atoms with Crippen molar-refractivity contribution < 1.29 is 14.6 Å². The van der Waals surface area contributed by atoms with E-state index in [1.54, 1.807) is 0 Å². The lowest BCUT2D eigenvalue weighted by atomic mass is 10.1. The Bertz CT molecular complexity index is 143. The molecule has 0 rings (SSSR count). The van der Waals surface area contributed by atoms with Crippen molar-refractivity contribution in [2.45, 2.75) is 58.5 Å². The zero-order valence-electron chi connectivity index (χ0n) is 9.29. The molecular formula is C11H22O3. The van der Waals surface area contributed by atoms with E-state index in [2.05, 4.69) is 6.92 Å². The highest BCUT2D eigenvalue weighted by molar-refractivity contribution is 5.73. The molecule has 0 amide bonds. The second-order valence-electron chi connectivity index (χ2n) is 3.61. The van der Waals surface area contributed by atoms with Crippen LogP contribution in [0.2, 0.25) is 0 Å². The minimum Gasteiger partial charge on any atom is -0.464 e. The first-order valence-electron chi connectivity index (χ1n) is 5.53. The van der Waals surface area contributed by atoms with Gasteiger partial charge in [0, 0.05) is 0 Å². The number of aliphatic hydroxyl groups is 1. The lowest BCUT2D eigenvalue weighted by molar-refractivity contribution is -0.152. The van der Waals surface area contributed by atoms with Crippen molar-refractivity contribution in [1.82, 2.24) is 0 Å². The van der Waals surface area contributed by atoms with Crippen LogP contribution >= 0.6 is 0 Å². The summed E-state index contributed by atoms with van der Waals surface area (Å²) in [4.78, 5) is 10.8. The monoisotopic (exact) mass is 202 g/mol. The summed E-state index contributed by atoms with van der Waals surface area (Å²) >= 11 is 0. The Kier molecular flexibility index (Phi) is 8.64. The number of carbonyl (C=O) groups excluding carboxylic acids is 1. The predicted molar refractivity (Wildman–Crippen MR) is 56.0 cm³/mol. The van der Waals surface area contributed by atoms with Crippen molar-refractivity contribution in [2.75, 3.05) is 6.61 Å². The molecule has 0 aromatic heterocycles. The zero-order chi connectivity index (χ0) is 10.8. The number of ether oxygens (including phenoxy) is 1. The van der Waals surface area contributed by atoms with E-state index in [9.17, 15) is 4.79 Å². The van der Waals surface area contributed by atoms with Crippen LogP contribution in [0.1, 0.15) is 52.4 Å². The molecule has 1 atom stereocenters. The second kappa shape index (κ2) is 9.00. The average molecular weight is 202 g/mol. The third-order valence-electron chi connectivity index (χ3n) is 2.08. The summed E-state index contributed by atoms with van der Waals surface area (Å²) in [6.45, 7) is 4.05. The Hall–Kier alpha value is -0.570. The van der Waals surface area contributed by atoms with Gasteiger partial charge >= 0.3 is 5.97 Å². The van der Waals surface area contributed by atoms with Crippen molar-refractivity contribution >= 4 is 5.97 Å². The fourth-order valence-corrected chi connectivity index (χ4v) is 1.18. The summed E-state index contributed by atoms with van der Waals surface area (Å²) in [5, 5.41) is 8.82. The molecule has 84 valence electrons. The van der Waals surface area contributed by atoms with E-state index in [0.717, 1.165) is 12.8 Å². The fraction of sp³-hybridized carbons (Fsp3) is 0.909. The SMILES string of the molecule is CCCCCCCCOC(=O)[C@H](C)O. The van der Waals surface area contributed by atoms with Crippen molar-refractivity contribution in [3.05, 3.63) is 0 Å². The van der Waals surface area contributed by atoms with Gasteiger partial charge < -0.3 is 9.84 Å². The van der Waals surface area contributed by atoms with Gasteiger partial charge in [-0.2, -0.15) is 0 Å². The highest BCUT2D eigenvalue weighted by Gasteiger charge is 2.08. The average Bonchev–Trinajstić information content (AvgIpc) is 2.16. The zero-order valence-corrected chi connectivity index (χ0v) is 9.29. The van der Waals surface area contributed by atoms with Gasteiger partial charge in [0.05, 0.1) is 6.61 Å². The molecule has 0 saturated heterocycles. The molecule has 0 radical (unpaired) electrons. The van der Waals surface area contributed by atoms with Crippen molar-refractivity contribution in [2.24, 2.45) is 0 Å². The van der Waals surface area contributed by atoms with Gasteiger partial charge in [0.1, 0.15) is 6.10 Å². The van der Waals surface area contributed by atoms with Gasteiger partial charge in [0.15, 0.2) is 0 Å². The summed E-state index contributed by atoms with van der Waals surface area (Å²) in [7, 11) is 0. The smallest absolute Gasteiger partial charge is 0.334 e. The number of esters is 1. The minimum atomic E-state index is -0.991. The molecule has 14 heavy (non-hydrogen) atoms. The molecule has 0 saturated carbocycles. The van der Waals surface area contributed by atoms with Gasteiger partial charge in [-0.05, 0) is 13.3 Å². The molecule has 0 spiro atoms. The third kappa shape index (κ3) is 8.05. The Morgan fingerprint density at radius 1 is 1.21 bits per heavy atom. The van der Waals surface area contributed by atoms with E-state index < -0.39 is 12.1 Å². The lowest BCUT2D eigenvalue weighted by Crippen LogP contribution is -2.19. The molecule has 0 unspecified atom stereocenters. The van der Waals surface area contributed by atoms with Crippen LogP contribution < -0.4 is 0 Å². The second-order valence-corrected chi connectivity index (χ2v) is 3.61. The molecule has 0 aliphatic rings. The van der Waals surface area contributed by atoms with Gasteiger partial charge in [-0.1, -0.05) is 39.0 Å². The summed E-state index contributed by atoms with van der Waals surface area (Å²) in [5.74, 6) is -0.515. The number of hydrogen-bond acceptors (Lipinski definition) is 3. The first-order valence-corrected chi connectivity index (χ1v) is 5.53. The molecule has 3 heteroatoms. The van der Waals surface area contributed by atoms with E-state index in [0.29, 0.717) is 6.61 Å². The summed E-state index contributed by atoms with van der Waals surface area (Å²) in [5.41, 5.74) is 0. The molecule has 0 heterocycles. The van der Waals surface area contributed by atoms with Crippen LogP contribution in [-0.4, -0.2) is 23.8 Å². The van der Waals surface area contributed by atoms with Gasteiger partial charge in [0.2, 0.25) is 0 Å². The highest BCUT2D eigenvalue weighted by Crippen LogP contribution is 2.05. The first kappa shape index (κ1) is 13.4. The van der Waals surface area contributed by atoms with Gasteiger partial charge in [-0.3, -0.25) is 0 Å². The minimum absolute atomic E-state index is 0.440. The normalized spacial score (nSPS) is 12.5. The van der Waals surface area contributed by atoms with Crippen LogP contribution in [0.3, 0.4) is 0 Å². The van der Waals surface area contributed by atoms with Crippen molar-refractivity contribution in [1.29, 1.82) is 0 Å². The molecule has 0 aromatic rings. The molecule has 1 N–H and O–H groups in total. The summed E-state index contributed by atoms with van der Waals surface area (Å²) in [6.07, 6.45) is 6.02. The van der Waals surface area contributed by atoms with Crippen LogP contribution in [-0.2, 0) is 9.53 Å². The van der Waals surface area contributed by atoms with Crippen LogP contribution in [0.4, 0.5) is 0 Å². The number of carbonyl (C=O) groups is 1. The standard InChI is InChI=1S/C11H22O3/c1-3-4-5-6-7-8-9-14-11(13)10(2)12/h10,12H,3-9H2,1-2H3/t10-/m0/s1. The Morgan fingerprint density at radius 2 is 1.79 bits per heavy atom. The molecule has 0 fully saturated rings. The van der Waals surface area contributed by atoms with E-state index in [-0.39, 0.29) is 0 Å². The van der Waals surface area contributed by atoms with Crippen molar-refractivity contribution in [3.8, 4) is 0 Å². The molecule has 3 nitrogen and oxygen atoms in total. The molecular weight excluding hydrogens is 180 g/mol. The predicted octanol–water partition coefficient (Wildman–Crippen LogP) is 2.27. The Balaban J connectivity index is 3.10. The quantitative estimate of drug-likeness (QED) is 0.485. The highest BCUT2D eigenvalue weighted by atomic mass is 16.5. The van der Waals surface area contributed by atoms with Crippen LogP contribution in [0.5, 0.6) is 0 Å². The molecule has 0 bridgehead atoms. The van der Waals surface area contributed by atoms with Crippen LogP contribution in [0.25, 0.3) is 0 Å². The fourth-order valence-electron chi connectivity index (χ4n) is 1.18. The summed E-state index contributed by atoms with van der Waals surface area (Å²) in [6, 6.07) is 0. The van der Waals surface area contributed by atoms with Gasteiger partial charge in [-0.15, -0.1) is 0 Å². The largest absolute Gasteiger partial charge is 0.464 e. The van der Waals surface area contributed by atoms with Gasteiger partial charge in [-0.25, -0.2) is 4.79 Å². The van der Waals surface area contributed by atoms with Gasteiger partial charge in [0.25, 0.3) is 0 Å². The molecule has 0 aliphatic carbocycles. The van der Waals surface area contributed by atoms with Crippen molar-refractivity contribution in [3.63, 3.8) is 0 Å². The number of hydrogen-bond donors (Lipinski definition) is 1. The van der Waals surface area contributed by atoms with E-state index in [4.69, 9.17) is 9.84 Å². The molecule has 0 aromatic carbocycles. The van der Waals surface area contributed by atoms with Crippen LogP contribution in [0, 0.1) is 0 Å². The number of aliphatic hydroxyl groups excluding tert-OH is 1. The van der Waals surface area contributed by atoms with Crippen LogP contribution in [0.15, 0.2) is 0 Å². The van der Waals surface area contributed by atoms with E-state index in [1.165, 1.54) is 32.6 Å². The molecule has 0 aliphatic heterocycles. The Labute approximate surface area is 86.5 Å². The van der Waals surface area contributed by atoms with E-state index in [1.807, 2.05) is 0 Å². The summed E-state index contributed by atoms with van der Waals surface area (Å²) < 4.78 is 4.82. The maximum atomic E-state index is 10.8. The van der Waals surface area contributed by atoms with E-state index >= 15 is 0 Å². The first-order chi connectivity index (χ1) is 6.68. The topological polar surface area (TPSA) is 46.5 Å².